The Kier molecular flexibility index (Phi) is 5.09. The van der Waals surface area contributed by atoms with Gasteiger partial charge in [0.1, 0.15) is 0 Å². The lowest BCUT2D eigenvalue weighted by molar-refractivity contribution is -0.115. The Balaban J connectivity index is 0.000000149. The third-order valence-corrected chi connectivity index (χ3v) is 5.64. The minimum atomic E-state index is 0.137. The van der Waals surface area contributed by atoms with Crippen LogP contribution in [0.2, 0.25) is 0 Å². The molecule has 1 atom stereocenters. The minimum Gasteiger partial charge on any atom is -0.356 e. The Morgan fingerprint density at radius 3 is 2.78 bits per heavy atom. The van der Waals surface area contributed by atoms with E-state index < -0.39 is 0 Å². The average Bonchev–Trinajstić information content (AvgIpc) is 2.72. The molecule has 1 saturated carbocycles. The number of hydrogen-bond donors (Lipinski definition) is 2. The Morgan fingerprint density at radius 2 is 2.17 bits per heavy atom. The molecular weight excluding hydrogens is 292 g/mol. The van der Waals surface area contributed by atoms with Crippen molar-refractivity contribution < 1.29 is 9.59 Å². The van der Waals surface area contributed by atoms with Gasteiger partial charge in [0.2, 0.25) is 6.41 Å². The highest BCUT2D eigenvalue weighted by Crippen LogP contribution is 2.48. The van der Waals surface area contributed by atoms with E-state index in [-0.39, 0.29) is 6.03 Å². The molecule has 4 aliphatic rings. The van der Waals surface area contributed by atoms with Crippen molar-refractivity contribution in [1.82, 2.24) is 20.4 Å². The fourth-order valence-corrected chi connectivity index (χ4v) is 4.45. The summed E-state index contributed by atoms with van der Waals surface area (Å²) in [5.41, 5.74) is 0.592. The maximum absolute atomic E-state index is 10.9. The Bertz CT molecular complexity index is 428. The van der Waals surface area contributed by atoms with Crippen LogP contribution in [0.4, 0.5) is 4.79 Å². The number of amides is 3. The van der Waals surface area contributed by atoms with Gasteiger partial charge in [-0.25, -0.2) is 4.79 Å². The van der Waals surface area contributed by atoms with E-state index in [1.54, 1.807) is 0 Å². The van der Waals surface area contributed by atoms with Crippen molar-refractivity contribution in [1.29, 1.82) is 0 Å². The van der Waals surface area contributed by atoms with Crippen molar-refractivity contribution >= 4 is 12.4 Å². The number of unbranched alkanes of at least 4 members (excludes halogenated alkanes) is 1. The molecule has 23 heavy (non-hydrogen) atoms. The van der Waals surface area contributed by atoms with Crippen molar-refractivity contribution in [3.8, 4) is 0 Å². The van der Waals surface area contributed by atoms with Crippen molar-refractivity contribution in [3.05, 3.63) is 0 Å². The zero-order chi connectivity index (χ0) is 16.3. The fraction of sp³-hybridized carbons (Fsp3) is 0.882. The van der Waals surface area contributed by atoms with Gasteiger partial charge >= 0.3 is 6.03 Å². The first-order valence-corrected chi connectivity index (χ1v) is 9.11. The molecular formula is C17H30N4O2. The van der Waals surface area contributed by atoms with Crippen LogP contribution in [0.25, 0.3) is 0 Å². The first-order chi connectivity index (χ1) is 11.1. The van der Waals surface area contributed by atoms with Crippen LogP contribution in [-0.2, 0) is 4.79 Å². The van der Waals surface area contributed by atoms with E-state index in [0.717, 1.165) is 19.5 Å². The van der Waals surface area contributed by atoms with Gasteiger partial charge < -0.3 is 20.4 Å². The highest BCUT2D eigenvalue weighted by molar-refractivity contribution is 5.77. The summed E-state index contributed by atoms with van der Waals surface area (Å²) >= 11 is 0. The molecule has 3 saturated heterocycles. The minimum absolute atomic E-state index is 0.137. The highest BCUT2D eigenvalue weighted by atomic mass is 16.2. The van der Waals surface area contributed by atoms with Gasteiger partial charge in [-0.05, 0) is 44.1 Å². The normalized spacial score (nSPS) is 28.3. The van der Waals surface area contributed by atoms with Gasteiger partial charge in [0.15, 0.2) is 0 Å². The van der Waals surface area contributed by atoms with Crippen molar-refractivity contribution in [2.45, 2.75) is 57.5 Å². The first-order valence-electron chi connectivity index (χ1n) is 9.11. The van der Waals surface area contributed by atoms with Crippen molar-refractivity contribution in [3.63, 3.8) is 0 Å². The SMILES string of the molecule is CCCCN1CC2(CC(NC=O)C2)C1.O=C1N[C@@H]2CCCN1C2. The lowest BCUT2D eigenvalue weighted by atomic mass is 9.60. The predicted molar refractivity (Wildman–Crippen MR) is 89.1 cm³/mol. The monoisotopic (exact) mass is 322 g/mol. The van der Waals surface area contributed by atoms with Gasteiger partial charge in [-0.2, -0.15) is 0 Å². The second kappa shape index (κ2) is 7.07. The summed E-state index contributed by atoms with van der Waals surface area (Å²) in [6, 6.07) is 1.07. The number of likely N-dealkylation sites (tertiary alicyclic amines) is 1. The number of fused-ring (bicyclic) bond motifs is 2. The van der Waals surface area contributed by atoms with E-state index in [0.29, 0.717) is 17.5 Å². The zero-order valence-electron chi connectivity index (χ0n) is 14.2. The fourth-order valence-electron chi connectivity index (χ4n) is 4.45. The largest absolute Gasteiger partial charge is 0.356 e. The van der Waals surface area contributed by atoms with E-state index in [1.807, 2.05) is 4.90 Å². The molecule has 3 amide bonds. The number of piperidine rings is 1. The van der Waals surface area contributed by atoms with Gasteiger partial charge in [-0.1, -0.05) is 13.3 Å². The number of carbonyl (C=O) groups is 2. The van der Waals surface area contributed by atoms with E-state index in [2.05, 4.69) is 22.5 Å². The van der Waals surface area contributed by atoms with Gasteiger partial charge in [0.25, 0.3) is 0 Å². The lowest BCUT2D eigenvalue weighted by Gasteiger charge is -2.59. The summed E-state index contributed by atoms with van der Waals surface area (Å²) in [5, 5.41) is 5.77. The van der Waals surface area contributed by atoms with Crippen LogP contribution in [-0.4, -0.2) is 67.0 Å². The van der Waals surface area contributed by atoms with Gasteiger partial charge in [-0.3, -0.25) is 4.79 Å². The van der Waals surface area contributed by atoms with Gasteiger partial charge in [-0.15, -0.1) is 0 Å². The maximum atomic E-state index is 10.9. The number of rotatable bonds is 5. The van der Waals surface area contributed by atoms with Crippen molar-refractivity contribution in [2.24, 2.45) is 5.41 Å². The first kappa shape index (κ1) is 16.6. The average molecular weight is 322 g/mol. The Hall–Kier alpha value is -1.30. The molecule has 130 valence electrons. The van der Waals surface area contributed by atoms with E-state index in [9.17, 15) is 9.59 Å². The van der Waals surface area contributed by atoms with Crippen LogP contribution in [0.5, 0.6) is 0 Å². The molecule has 6 heteroatoms. The quantitative estimate of drug-likeness (QED) is 0.747. The summed E-state index contributed by atoms with van der Waals surface area (Å²) in [4.78, 5) is 25.5. The molecule has 6 nitrogen and oxygen atoms in total. The highest BCUT2D eigenvalue weighted by Gasteiger charge is 2.51. The van der Waals surface area contributed by atoms with Crippen LogP contribution >= 0.6 is 0 Å². The standard InChI is InChI=1S/C11H20N2O.C6H10N2O/c1-2-3-4-13-7-11(8-13)5-10(6-11)12-9-14;9-6-7-5-2-1-3-8(6)4-5/h9-10H,2-8H2,1H3,(H,12,14);5H,1-4H2,(H,7,9)/t;5-/m.1/s1. The van der Waals surface area contributed by atoms with Gasteiger partial charge in [0, 0.05) is 38.3 Å². The van der Waals surface area contributed by atoms with E-state index in [1.165, 1.54) is 58.2 Å². The van der Waals surface area contributed by atoms with E-state index >= 15 is 0 Å². The van der Waals surface area contributed by atoms with Crippen LogP contribution in [0, 0.1) is 5.41 Å². The third kappa shape index (κ3) is 3.79. The molecule has 0 radical (unpaired) electrons. The third-order valence-electron chi connectivity index (χ3n) is 5.64. The molecule has 2 N–H and O–H groups in total. The summed E-state index contributed by atoms with van der Waals surface area (Å²) in [5.74, 6) is 0. The molecule has 4 rings (SSSR count). The summed E-state index contributed by atoms with van der Waals surface area (Å²) in [6.45, 7) is 7.95. The second-order valence-electron chi connectivity index (χ2n) is 7.69. The number of urea groups is 1. The molecule has 0 aromatic carbocycles. The van der Waals surface area contributed by atoms with Crippen LogP contribution in [0.15, 0.2) is 0 Å². The molecule has 0 aromatic heterocycles. The molecule has 2 bridgehead atoms. The predicted octanol–water partition coefficient (Wildman–Crippen LogP) is 1.17. The number of nitrogens with zero attached hydrogens (tertiary/aromatic N) is 2. The number of nitrogens with one attached hydrogen (secondary N) is 2. The Labute approximate surface area is 139 Å². The van der Waals surface area contributed by atoms with Crippen LogP contribution in [0.3, 0.4) is 0 Å². The summed E-state index contributed by atoms with van der Waals surface area (Å²) < 4.78 is 0. The lowest BCUT2D eigenvalue weighted by Crippen LogP contribution is -2.65. The zero-order valence-corrected chi connectivity index (χ0v) is 14.2. The number of carbonyl (C=O) groups excluding carboxylic acids is 2. The van der Waals surface area contributed by atoms with Crippen LogP contribution < -0.4 is 10.6 Å². The molecule has 0 aromatic rings. The summed E-state index contributed by atoms with van der Waals surface area (Å²) in [7, 11) is 0. The molecule has 4 fully saturated rings. The van der Waals surface area contributed by atoms with Gasteiger partial charge in [0.05, 0.1) is 0 Å². The second-order valence-corrected chi connectivity index (χ2v) is 7.69. The molecule has 1 spiro atoms. The number of hydrogen-bond acceptors (Lipinski definition) is 3. The Morgan fingerprint density at radius 1 is 1.39 bits per heavy atom. The molecule has 3 heterocycles. The maximum Gasteiger partial charge on any atom is 0.317 e. The summed E-state index contributed by atoms with van der Waals surface area (Å²) in [6.07, 6.45) is 8.20. The van der Waals surface area contributed by atoms with Crippen molar-refractivity contribution in [2.75, 3.05) is 32.7 Å². The molecule has 3 aliphatic heterocycles. The van der Waals surface area contributed by atoms with E-state index in [4.69, 9.17) is 0 Å². The van der Waals surface area contributed by atoms with Crippen LogP contribution in [0.1, 0.15) is 45.4 Å². The molecule has 1 aliphatic carbocycles. The topological polar surface area (TPSA) is 64.7 Å². The molecule has 0 unspecified atom stereocenters. The smallest absolute Gasteiger partial charge is 0.317 e.